The van der Waals surface area contributed by atoms with Crippen LogP contribution in [0.3, 0.4) is 0 Å². The molecule has 2 aromatic carbocycles. The number of ketones is 1. The molecule has 0 saturated carbocycles. The molecule has 2 aromatic rings. The van der Waals surface area contributed by atoms with Gasteiger partial charge in [-0.1, -0.05) is 32.4 Å². The summed E-state index contributed by atoms with van der Waals surface area (Å²) in [7, 11) is 0. The second-order valence-corrected chi connectivity index (χ2v) is 8.46. The molecule has 1 unspecified atom stereocenters. The number of hydrogen-bond acceptors (Lipinski definition) is 5. The van der Waals surface area contributed by atoms with Crippen molar-refractivity contribution >= 4 is 17.4 Å². The normalized spacial score (nSPS) is 17.6. The van der Waals surface area contributed by atoms with Crippen LogP contribution in [0.15, 0.2) is 54.1 Å². The molecule has 33 heavy (non-hydrogen) atoms. The van der Waals surface area contributed by atoms with E-state index in [0.29, 0.717) is 30.2 Å². The number of unbranched alkanes of at least 4 members (excludes halogenated alkanes) is 1. The molecular formula is C27H33NO5. The molecule has 0 aliphatic carbocycles. The summed E-state index contributed by atoms with van der Waals surface area (Å²) in [6, 6.07) is 13.6. The molecule has 1 saturated heterocycles. The smallest absolute Gasteiger partial charge is 0.295 e. The average molecular weight is 452 g/mol. The quantitative estimate of drug-likeness (QED) is 0.294. The minimum atomic E-state index is -0.678. The van der Waals surface area contributed by atoms with Gasteiger partial charge in [0.1, 0.15) is 17.3 Å². The van der Waals surface area contributed by atoms with Crippen LogP contribution in [0.1, 0.15) is 64.1 Å². The van der Waals surface area contributed by atoms with Crippen molar-refractivity contribution in [2.45, 2.75) is 59.1 Å². The summed E-state index contributed by atoms with van der Waals surface area (Å²) in [5.41, 5.74) is 1.29. The van der Waals surface area contributed by atoms with E-state index in [9.17, 15) is 14.7 Å². The van der Waals surface area contributed by atoms with Crippen molar-refractivity contribution in [3.8, 4) is 11.5 Å². The Bertz CT molecular complexity index is 1010. The Hall–Kier alpha value is -3.28. The van der Waals surface area contributed by atoms with Gasteiger partial charge in [0.25, 0.3) is 11.7 Å². The molecule has 0 bridgehead atoms. The highest BCUT2D eigenvalue weighted by Crippen LogP contribution is 2.40. The van der Waals surface area contributed by atoms with Crippen LogP contribution in [-0.4, -0.2) is 41.0 Å². The van der Waals surface area contributed by atoms with E-state index in [1.165, 1.54) is 0 Å². The average Bonchev–Trinajstić information content (AvgIpc) is 3.06. The number of carbonyl (C=O) groups is 2. The van der Waals surface area contributed by atoms with Crippen molar-refractivity contribution in [3.63, 3.8) is 0 Å². The topological polar surface area (TPSA) is 76.1 Å². The van der Waals surface area contributed by atoms with Crippen LogP contribution < -0.4 is 9.47 Å². The molecule has 3 rings (SSSR count). The zero-order valence-corrected chi connectivity index (χ0v) is 19.8. The molecule has 1 aliphatic heterocycles. The summed E-state index contributed by atoms with van der Waals surface area (Å²) in [4.78, 5) is 27.6. The SMILES string of the molecule is CCCCN1C(=O)C(=O)/C(=C(\O)c2ccc(OCCC)cc2)C1c1cccc(OC(C)C)c1. The molecule has 6 heteroatoms. The lowest BCUT2D eigenvalue weighted by atomic mass is 9.95. The fourth-order valence-electron chi connectivity index (χ4n) is 3.90. The van der Waals surface area contributed by atoms with Gasteiger partial charge in [0.15, 0.2) is 0 Å². The Balaban J connectivity index is 2.06. The van der Waals surface area contributed by atoms with Crippen molar-refractivity contribution in [2.24, 2.45) is 0 Å². The number of hydrogen-bond donors (Lipinski definition) is 1. The zero-order chi connectivity index (χ0) is 24.0. The monoisotopic (exact) mass is 451 g/mol. The molecule has 1 aliphatic rings. The number of aliphatic hydroxyl groups excluding tert-OH is 1. The standard InChI is InChI=1S/C27H33NO5/c1-5-7-15-28-24(20-9-8-10-22(17-20)33-18(3)4)23(26(30)27(28)31)25(29)19-11-13-21(14-12-19)32-16-6-2/h8-14,17-18,24,29H,5-7,15-16H2,1-4H3/b25-23-. The maximum atomic E-state index is 13.1. The first-order chi connectivity index (χ1) is 15.9. The van der Waals surface area contributed by atoms with Crippen molar-refractivity contribution in [2.75, 3.05) is 13.2 Å². The van der Waals surface area contributed by atoms with Crippen LogP contribution in [0.2, 0.25) is 0 Å². The summed E-state index contributed by atoms with van der Waals surface area (Å²) in [5, 5.41) is 11.2. The van der Waals surface area contributed by atoms with Gasteiger partial charge in [-0.15, -0.1) is 0 Å². The second-order valence-electron chi connectivity index (χ2n) is 8.46. The molecule has 0 radical (unpaired) electrons. The lowest BCUT2D eigenvalue weighted by Crippen LogP contribution is -2.30. The van der Waals surface area contributed by atoms with E-state index in [4.69, 9.17) is 9.47 Å². The number of aliphatic hydroxyl groups is 1. The third-order valence-electron chi connectivity index (χ3n) is 5.44. The Labute approximate surface area is 195 Å². The molecule has 1 amide bonds. The molecule has 6 nitrogen and oxygen atoms in total. The van der Waals surface area contributed by atoms with E-state index < -0.39 is 17.7 Å². The predicted octanol–water partition coefficient (Wildman–Crippen LogP) is 5.48. The van der Waals surface area contributed by atoms with Crippen molar-refractivity contribution < 1.29 is 24.2 Å². The Morgan fingerprint density at radius 3 is 2.39 bits per heavy atom. The first-order valence-electron chi connectivity index (χ1n) is 11.7. The predicted molar refractivity (Wildman–Crippen MR) is 128 cm³/mol. The van der Waals surface area contributed by atoms with Crippen LogP contribution in [-0.2, 0) is 9.59 Å². The Morgan fingerprint density at radius 2 is 1.76 bits per heavy atom. The first-order valence-corrected chi connectivity index (χ1v) is 11.7. The van der Waals surface area contributed by atoms with Gasteiger partial charge in [-0.05, 0) is 68.7 Å². The van der Waals surface area contributed by atoms with Gasteiger partial charge in [-0.25, -0.2) is 0 Å². The van der Waals surface area contributed by atoms with Crippen molar-refractivity contribution in [3.05, 3.63) is 65.2 Å². The molecule has 1 heterocycles. The van der Waals surface area contributed by atoms with Gasteiger partial charge in [-0.2, -0.15) is 0 Å². The van der Waals surface area contributed by atoms with E-state index in [1.54, 1.807) is 29.2 Å². The van der Waals surface area contributed by atoms with E-state index in [0.717, 1.165) is 24.8 Å². The fraction of sp³-hybridized carbons (Fsp3) is 0.407. The van der Waals surface area contributed by atoms with Gasteiger partial charge in [0.05, 0.1) is 24.3 Å². The van der Waals surface area contributed by atoms with Crippen molar-refractivity contribution in [1.82, 2.24) is 4.90 Å². The largest absolute Gasteiger partial charge is 0.507 e. The highest BCUT2D eigenvalue weighted by atomic mass is 16.5. The fourth-order valence-corrected chi connectivity index (χ4v) is 3.90. The van der Waals surface area contributed by atoms with Crippen LogP contribution in [0, 0.1) is 0 Å². The Morgan fingerprint density at radius 1 is 1.03 bits per heavy atom. The van der Waals surface area contributed by atoms with Gasteiger partial charge in [-0.3, -0.25) is 9.59 Å². The van der Waals surface area contributed by atoms with Crippen LogP contribution in [0.25, 0.3) is 5.76 Å². The van der Waals surface area contributed by atoms with Crippen molar-refractivity contribution in [1.29, 1.82) is 0 Å². The maximum absolute atomic E-state index is 13.1. The number of amides is 1. The van der Waals surface area contributed by atoms with E-state index >= 15 is 0 Å². The Kier molecular flexibility index (Phi) is 8.15. The lowest BCUT2D eigenvalue weighted by molar-refractivity contribution is -0.139. The zero-order valence-electron chi connectivity index (χ0n) is 19.8. The molecule has 176 valence electrons. The third kappa shape index (κ3) is 5.56. The number of likely N-dealkylation sites (tertiary alicyclic amines) is 1. The molecular weight excluding hydrogens is 418 g/mol. The molecule has 0 spiro atoms. The molecule has 1 N–H and O–H groups in total. The van der Waals surface area contributed by atoms with E-state index in [-0.39, 0.29) is 17.4 Å². The number of carbonyl (C=O) groups excluding carboxylic acids is 2. The summed E-state index contributed by atoms with van der Waals surface area (Å²) in [5.74, 6) is -0.106. The highest BCUT2D eigenvalue weighted by molar-refractivity contribution is 6.46. The van der Waals surface area contributed by atoms with E-state index in [1.807, 2.05) is 52.0 Å². The van der Waals surface area contributed by atoms with Gasteiger partial charge in [0, 0.05) is 12.1 Å². The van der Waals surface area contributed by atoms with Gasteiger partial charge >= 0.3 is 0 Å². The number of benzene rings is 2. The molecule has 0 aromatic heterocycles. The highest BCUT2D eigenvalue weighted by Gasteiger charge is 2.45. The number of nitrogens with zero attached hydrogens (tertiary/aromatic N) is 1. The van der Waals surface area contributed by atoms with Crippen LogP contribution in [0.5, 0.6) is 11.5 Å². The minimum absolute atomic E-state index is 0.0138. The van der Waals surface area contributed by atoms with Crippen LogP contribution in [0.4, 0.5) is 0 Å². The second kappa shape index (κ2) is 11.0. The molecule has 1 atom stereocenters. The van der Waals surface area contributed by atoms with E-state index in [2.05, 4.69) is 0 Å². The lowest BCUT2D eigenvalue weighted by Gasteiger charge is -2.25. The molecule has 1 fully saturated rings. The third-order valence-corrected chi connectivity index (χ3v) is 5.44. The minimum Gasteiger partial charge on any atom is -0.507 e. The maximum Gasteiger partial charge on any atom is 0.295 e. The first kappa shape index (κ1) is 24.4. The number of ether oxygens (including phenoxy) is 2. The van der Waals surface area contributed by atoms with Gasteiger partial charge < -0.3 is 19.5 Å². The summed E-state index contributed by atoms with van der Waals surface area (Å²) in [6.07, 6.45) is 2.52. The summed E-state index contributed by atoms with van der Waals surface area (Å²) in [6.45, 7) is 8.97. The van der Waals surface area contributed by atoms with Gasteiger partial charge in [0.2, 0.25) is 0 Å². The summed E-state index contributed by atoms with van der Waals surface area (Å²) < 4.78 is 11.4. The summed E-state index contributed by atoms with van der Waals surface area (Å²) >= 11 is 0. The number of rotatable bonds is 10. The number of Topliss-reactive ketones (excluding diaryl/α,β-unsaturated/α-hetero) is 1. The van der Waals surface area contributed by atoms with Crippen LogP contribution >= 0.6 is 0 Å².